The number of carbonyl (C=O) groups is 2. The van der Waals surface area contributed by atoms with Crippen molar-refractivity contribution in [2.75, 3.05) is 20.6 Å². The number of urea groups is 1. The Morgan fingerprint density at radius 3 is 2.75 bits per heavy atom. The highest BCUT2D eigenvalue weighted by Gasteiger charge is 2.50. The van der Waals surface area contributed by atoms with E-state index >= 15 is 0 Å². The van der Waals surface area contributed by atoms with E-state index in [1.165, 1.54) is 48.1 Å². The third kappa shape index (κ3) is 2.92. The van der Waals surface area contributed by atoms with Crippen LogP contribution in [0.2, 0.25) is 0 Å². The van der Waals surface area contributed by atoms with Crippen molar-refractivity contribution in [3.8, 4) is 0 Å². The fourth-order valence-electron chi connectivity index (χ4n) is 3.50. The normalized spacial score (nSPS) is 26.2. The number of hydrogen-bond acceptors (Lipinski definition) is 3. The molecule has 3 aliphatic rings. The third-order valence-electron chi connectivity index (χ3n) is 5.00. The molecule has 6 heteroatoms. The second kappa shape index (κ2) is 6.71. The molecule has 0 aromatic heterocycles. The zero-order valence-corrected chi connectivity index (χ0v) is 14.6. The Morgan fingerprint density at radius 1 is 1.25 bits per heavy atom. The van der Waals surface area contributed by atoms with Gasteiger partial charge < -0.3 is 0 Å². The quantitative estimate of drug-likeness (QED) is 0.780. The molecule has 0 aromatic rings. The Bertz CT molecular complexity index is 687. The lowest BCUT2D eigenvalue weighted by Gasteiger charge is -2.32. The molecule has 0 aromatic carbocycles. The van der Waals surface area contributed by atoms with Crippen LogP contribution in [0, 0.1) is 5.92 Å². The topological polar surface area (TPSA) is 67.0 Å². The van der Waals surface area contributed by atoms with Crippen molar-refractivity contribution in [1.82, 2.24) is 9.80 Å². The number of imide groups is 1. The molecular formula is C18H25N4O2+. The van der Waals surface area contributed by atoms with Gasteiger partial charge in [0.15, 0.2) is 5.92 Å². The fraction of sp³-hybridized carbons (Fsp3) is 0.556. The number of allylic oxidation sites excluding steroid dienone is 2. The molecule has 1 aliphatic carbocycles. The average molecular weight is 329 g/mol. The van der Waals surface area contributed by atoms with Crippen LogP contribution in [-0.4, -0.2) is 53.9 Å². The summed E-state index contributed by atoms with van der Waals surface area (Å²) in [6.07, 6.45) is 10.00. The van der Waals surface area contributed by atoms with Crippen molar-refractivity contribution in [2.45, 2.75) is 39.0 Å². The molecule has 0 saturated carbocycles. The second-order valence-corrected chi connectivity index (χ2v) is 6.65. The molecule has 1 fully saturated rings. The number of aliphatic imine (C=N–C) groups is 1. The number of nitrogens with zero attached hydrogens (tertiary/aromatic N) is 3. The summed E-state index contributed by atoms with van der Waals surface area (Å²) in [4.78, 5) is 35.2. The number of fused-ring (bicyclic) bond motifs is 1. The lowest BCUT2D eigenvalue weighted by atomic mass is 9.90. The number of amidine groups is 1. The van der Waals surface area contributed by atoms with Gasteiger partial charge in [-0.25, -0.2) is 14.7 Å². The summed E-state index contributed by atoms with van der Waals surface area (Å²) in [7, 11) is 3.20. The van der Waals surface area contributed by atoms with E-state index in [2.05, 4.69) is 11.1 Å². The number of amides is 3. The summed E-state index contributed by atoms with van der Waals surface area (Å²) in [5, 5.41) is 0. The van der Waals surface area contributed by atoms with Gasteiger partial charge in [-0.1, -0.05) is 11.6 Å². The summed E-state index contributed by atoms with van der Waals surface area (Å²) in [6, 6.07) is -0.321. The molecule has 1 N–H and O–H groups in total. The molecule has 2 aliphatic heterocycles. The van der Waals surface area contributed by atoms with Crippen molar-refractivity contribution in [1.29, 1.82) is 0 Å². The number of carbonyl (C=O) groups excluding carboxylic acids is 2. The van der Waals surface area contributed by atoms with Gasteiger partial charge in [0.25, 0.3) is 11.7 Å². The molecule has 128 valence electrons. The molecule has 6 nitrogen and oxygen atoms in total. The van der Waals surface area contributed by atoms with Crippen LogP contribution in [0.1, 0.15) is 39.0 Å². The molecular weight excluding hydrogens is 304 g/mol. The van der Waals surface area contributed by atoms with E-state index in [1.807, 2.05) is 13.1 Å². The Morgan fingerprint density at radius 2 is 2.04 bits per heavy atom. The zero-order valence-electron chi connectivity index (χ0n) is 14.6. The molecule has 2 heterocycles. The van der Waals surface area contributed by atoms with Gasteiger partial charge in [0.05, 0.1) is 19.0 Å². The predicted octanol–water partition coefficient (Wildman–Crippen LogP) is 0.854. The summed E-state index contributed by atoms with van der Waals surface area (Å²) >= 11 is 0. The lowest BCUT2D eigenvalue weighted by molar-refractivity contribution is -0.383. The van der Waals surface area contributed by atoms with Crippen LogP contribution in [0.4, 0.5) is 4.79 Å². The van der Waals surface area contributed by atoms with Crippen LogP contribution in [0.5, 0.6) is 0 Å². The summed E-state index contributed by atoms with van der Waals surface area (Å²) in [5.41, 5.74) is 3.20. The van der Waals surface area contributed by atoms with Crippen LogP contribution in [0.15, 0.2) is 28.4 Å². The van der Waals surface area contributed by atoms with E-state index < -0.39 is 5.92 Å². The standard InChI is InChI=1S/C18H24N4O2/c1-12-11-20-16-14(17(23)22(3)18(24)21(16)2)15(12)19-10-9-13-7-5-4-6-8-13/h7,11,14H,4-6,8-10H2,1-3H3/p+1. The van der Waals surface area contributed by atoms with Crippen LogP contribution < -0.4 is 4.99 Å². The molecule has 1 atom stereocenters. The average Bonchev–Trinajstić information content (AvgIpc) is 2.60. The maximum absolute atomic E-state index is 12.6. The fourth-order valence-corrected chi connectivity index (χ4v) is 3.50. The van der Waals surface area contributed by atoms with Crippen LogP contribution >= 0.6 is 0 Å². The Labute approximate surface area is 142 Å². The minimum Gasteiger partial charge on any atom is -0.288 e. The molecule has 0 radical (unpaired) electrons. The van der Waals surface area contributed by atoms with Crippen LogP contribution in [0.3, 0.4) is 0 Å². The second-order valence-electron chi connectivity index (χ2n) is 6.65. The van der Waals surface area contributed by atoms with Crippen molar-refractivity contribution in [3.05, 3.63) is 23.4 Å². The molecule has 0 spiro atoms. The minimum atomic E-state index is -0.511. The molecule has 0 bridgehead atoms. The van der Waals surface area contributed by atoms with Crippen molar-refractivity contribution >= 4 is 23.5 Å². The van der Waals surface area contributed by atoms with Gasteiger partial charge in [-0.05, 0) is 39.0 Å². The van der Waals surface area contributed by atoms with Gasteiger partial charge in [-0.3, -0.25) is 9.79 Å². The van der Waals surface area contributed by atoms with E-state index in [4.69, 9.17) is 4.99 Å². The Hall–Kier alpha value is -2.24. The van der Waals surface area contributed by atoms with Gasteiger partial charge in [-0.15, -0.1) is 0 Å². The van der Waals surface area contributed by atoms with Gasteiger partial charge >= 0.3 is 6.03 Å². The monoisotopic (exact) mass is 329 g/mol. The van der Waals surface area contributed by atoms with E-state index in [0.717, 1.165) is 17.7 Å². The molecule has 1 saturated heterocycles. The number of hydrogen-bond donors (Lipinski definition) is 1. The Balaban J connectivity index is 1.82. The van der Waals surface area contributed by atoms with Gasteiger partial charge in [0.2, 0.25) is 0 Å². The highest BCUT2D eigenvalue weighted by Crippen LogP contribution is 2.23. The highest BCUT2D eigenvalue weighted by atomic mass is 16.2. The first-order chi connectivity index (χ1) is 11.5. The van der Waals surface area contributed by atoms with Gasteiger partial charge in [0, 0.05) is 19.2 Å². The SMILES string of the molecule is CC1=C[NH+]=C2C(C(=O)N(C)C(=O)N2C)C1=NCCC1=CCCCC1. The van der Waals surface area contributed by atoms with E-state index in [0.29, 0.717) is 12.4 Å². The third-order valence-corrected chi connectivity index (χ3v) is 5.00. The van der Waals surface area contributed by atoms with Gasteiger partial charge in [0.1, 0.15) is 0 Å². The maximum atomic E-state index is 12.6. The maximum Gasteiger partial charge on any atom is 0.417 e. The Kier molecular flexibility index (Phi) is 4.64. The number of nitrogens with one attached hydrogen (secondary N) is 1. The van der Waals surface area contributed by atoms with E-state index in [1.54, 1.807) is 7.05 Å². The first-order valence-corrected chi connectivity index (χ1v) is 8.58. The highest BCUT2D eigenvalue weighted by molar-refractivity contribution is 6.31. The van der Waals surface area contributed by atoms with Crippen molar-refractivity contribution in [3.63, 3.8) is 0 Å². The van der Waals surface area contributed by atoms with Crippen molar-refractivity contribution in [2.24, 2.45) is 10.9 Å². The zero-order chi connectivity index (χ0) is 17.3. The number of rotatable bonds is 3. The predicted molar refractivity (Wildman–Crippen MR) is 92.6 cm³/mol. The molecule has 1 unspecified atom stereocenters. The molecule has 3 rings (SSSR count). The van der Waals surface area contributed by atoms with Crippen molar-refractivity contribution < 1.29 is 14.6 Å². The van der Waals surface area contributed by atoms with E-state index in [-0.39, 0.29) is 11.9 Å². The minimum absolute atomic E-state index is 0.219. The molecule has 24 heavy (non-hydrogen) atoms. The van der Waals surface area contributed by atoms with Crippen LogP contribution in [-0.2, 0) is 4.79 Å². The summed E-state index contributed by atoms with van der Waals surface area (Å²) in [6.45, 7) is 2.64. The van der Waals surface area contributed by atoms with Gasteiger partial charge in [-0.2, -0.15) is 4.90 Å². The van der Waals surface area contributed by atoms with E-state index in [9.17, 15) is 9.59 Å². The van der Waals surface area contributed by atoms with Crippen LogP contribution in [0.25, 0.3) is 0 Å². The first-order valence-electron chi connectivity index (χ1n) is 8.58. The summed E-state index contributed by atoms with van der Waals surface area (Å²) in [5.74, 6) is -0.129. The lowest BCUT2D eigenvalue weighted by Crippen LogP contribution is -2.80. The summed E-state index contributed by atoms with van der Waals surface area (Å²) < 4.78 is 0. The molecule has 3 amide bonds. The largest absolute Gasteiger partial charge is 0.417 e. The smallest absolute Gasteiger partial charge is 0.288 e. The first kappa shape index (κ1) is 16.6.